The number of likely N-dealkylation sites (tertiary alicyclic amines) is 1. The summed E-state index contributed by atoms with van der Waals surface area (Å²) < 4.78 is 0. The lowest BCUT2D eigenvalue weighted by atomic mass is 10.0. The van der Waals surface area contributed by atoms with Crippen molar-refractivity contribution in [2.45, 2.75) is 51.6 Å². The average molecular weight is 210 g/mol. The fraction of sp³-hybridized carbons (Fsp3) is 0.917. The molecular weight excluding hydrogens is 188 g/mol. The molecule has 1 aliphatic carbocycles. The molecule has 2 rings (SSSR count). The number of nitrogens with zero attached hydrogens (tertiary/aromatic N) is 1. The third kappa shape index (κ3) is 2.94. The van der Waals surface area contributed by atoms with Crippen molar-refractivity contribution in [2.75, 3.05) is 13.1 Å². The van der Waals surface area contributed by atoms with Crippen LogP contribution in [0.25, 0.3) is 0 Å². The molecule has 3 nitrogen and oxygen atoms in total. The molecule has 0 spiro atoms. The second-order valence-corrected chi connectivity index (χ2v) is 5.22. The van der Waals surface area contributed by atoms with Crippen molar-refractivity contribution in [3.05, 3.63) is 0 Å². The fourth-order valence-corrected chi connectivity index (χ4v) is 2.37. The van der Waals surface area contributed by atoms with Crippen molar-refractivity contribution >= 4 is 5.91 Å². The standard InChI is InChI=1S/C12H22N2O/c1-9(2)13-11-4-3-7-14(8-11)12(15)10-5-6-10/h9-11,13H,3-8H2,1-2H3. The predicted octanol–water partition coefficient (Wildman–Crippen LogP) is 1.39. The molecule has 1 heterocycles. The SMILES string of the molecule is CC(C)NC1CCCN(C(=O)C2CC2)C1. The number of amides is 1. The van der Waals surface area contributed by atoms with Crippen molar-refractivity contribution < 1.29 is 4.79 Å². The van der Waals surface area contributed by atoms with Crippen LogP contribution in [0.3, 0.4) is 0 Å². The Hall–Kier alpha value is -0.570. The van der Waals surface area contributed by atoms with Crippen LogP contribution < -0.4 is 5.32 Å². The molecule has 2 fully saturated rings. The van der Waals surface area contributed by atoms with E-state index in [-0.39, 0.29) is 0 Å². The predicted molar refractivity (Wildman–Crippen MR) is 60.6 cm³/mol. The molecule has 1 amide bonds. The summed E-state index contributed by atoms with van der Waals surface area (Å²) >= 11 is 0. The molecule has 1 atom stereocenters. The summed E-state index contributed by atoms with van der Waals surface area (Å²) in [5.41, 5.74) is 0. The minimum atomic E-state index is 0.378. The van der Waals surface area contributed by atoms with Crippen LogP contribution in [0.15, 0.2) is 0 Å². The summed E-state index contributed by atoms with van der Waals surface area (Å²) in [7, 11) is 0. The van der Waals surface area contributed by atoms with Crippen LogP contribution in [0.1, 0.15) is 39.5 Å². The highest BCUT2D eigenvalue weighted by atomic mass is 16.2. The number of hydrogen-bond donors (Lipinski definition) is 1. The van der Waals surface area contributed by atoms with E-state index in [2.05, 4.69) is 24.1 Å². The van der Waals surface area contributed by atoms with Gasteiger partial charge in [0.25, 0.3) is 0 Å². The van der Waals surface area contributed by atoms with E-state index in [0.29, 0.717) is 23.9 Å². The first-order valence-electron chi connectivity index (χ1n) is 6.21. The monoisotopic (exact) mass is 210 g/mol. The summed E-state index contributed by atoms with van der Waals surface area (Å²) in [6.45, 7) is 6.24. The van der Waals surface area contributed by atoms with Gasteiger partial charge in [-0.2, -0.15) is 0 Å². The number of carbonyl (C=O) groups is 1. The molecule has 86 valence electrons. The van der Waals surface area contributed by atoms with Crippen LogP contribution in [-0.4, -0.2) is 36.0 Å². The smallest absolute Gasteiger partial charge is 0.225 e. The van der Waals surface area contributed by atoms with Gasteiger partial charge in [0.05, 0.1) is 0 Å². The number of hydrogen-bond acceptors (Lipinski definition) is 2. The van der Waals surface area contributed by atoms with Crippen LogP contribution in [0, 0.1) is 5.92 Å². The first kappa shape index (κ1) is 10.9. The lowest BCUT2D eigenvalue weighted by molar-refractivity contribution is -0.133. The molecule has 1 saturated carbocycles. The molecule has 2 aliphatic rings. The topological polar surface area (TPSA) is 32.3 Å². The van der Waals surface area contributed by atoms with Gasteiger partial charge in [-0.25, -0.2) is 0 Å². The van der Waals surface area contributed by atoms with E-state index in [4.69, 9.17) is 0 Å². The maximum atomic E-state index is 11.9. The van der Waals surface area contributed by atoms with Crippen molar-refractivity contribution in [1.29, 1.82) is 0 Å². The molecule has 1 aliphatic heterocycles. The minimum Gasteiger partial charge on any atom is -0.341 e. The first-order valence-corrected chi connectivity index (χ1v) is 6.21. The van der Waals surface area contributed by atoms with Crippen LogP contribution in [0.4, 0.5) is 0 Å². The van der Waals surface area contributed by atoms with E-state index in [1.807, 2.05) is 0 Å². The molecule has 1 unspecified atom stereocenters. The Morgan fingerprint density at radius 3 is 2.67 bits per heavy atom. The zero-order valence-corrected chi connectivity index (χ0v) is 9.83. The number of nitrogens with one attached hydrogen (secondary N) is 1. The van der Waals surface area contributed by atoms with Crippen LogP contribution >= 0.6 is 0 Å². The normalized spacial score (nSPS) is 27.1. The van der Waals surface area contributed by atoms with Crippen molar-refractivity contribution in [2.24, 2.45) is 5.92 Å². The molecule has 3 heteroatoms. The lowest BCUT2D eigenvalue weighted by Gasteiger charge is -2.34. The molecule has 0 aromatic rings. The third-order valence-corrected chi connectivity index (χ3v) is 3.23. The highest BCUT2D eigenvalue weighted by Crippen LogP contribution is 2.31. The van der Waals surface area contributed by atoms with Crippen molar-refractivity contribution in [1.82, 2.24) is 10.2 Å². The maximum Gasteiger partial charge on any atom is 0.225 e. The van der Waals surface area contributed by atoms with Gasteiger partial charge < -0.3 is 10.2 Å². The molecule has 0 radical (unpaired) electrons. The summed E-state index contributed by atoms with van der Waals surface area (Å²) in [6, 6.07) is 1.03. The third-order valence-electron chi connectivity index (χ3n) is 3.23. The zero-order chi connectivity index (χ0) is 10.8. The Labute approximate surface area is 92.2 Å². The maximum absolute atomic E-state index is 11.9. The van der Waals surface area contributed by atoms with Gasteiger partial charge in [0.15, 0.2) is 0 Å². The Morgan fingerprint density at radius 2 is 2.07 bits per heavy atom. The lowest BCUT2D eigenvalue weighted by Crippen LogP contribution is -2.50. The molecule has 1 N–H and O–H groups in total. The van der Waals surface area contributed by atoms with E-state index in [0.717, 1.165) is 32.4 Å². The number of rotatable bonds is 3. The first-order chi connectivity index (χ1) is 7.16. The van der Waals surface area contributed by atoms with Crippen LogP contribution in [-0.2, 0) is 4.79 Å². The van der Waals surface area contributed by atoms with E-state index in [9.17, 15) is 4.79 Å². The van der Waals surface area contributed by atoms with Crippen molar-refractivity contribution in [3.63, 3.8) is 0 Å². The van der Waals surface area contributed by atoms with Gasteiger partial charge in [-0.3, -0.25) is 4.79 Å². The summed E-state index contributed by atoms with van der Waals surface area (Å²) in [5.74, 6) is 0.785. The second-order valence-electron chi connectivity index (χ2n) is 5.22. The summed E-state index contributed by atoms with van der Waals surface area (Å²) in [6.07, 6.45) is 4.62. The van der Waals surface area contributed by atoms with Gasteiger partial charge >= 0.3 is 0 Å². The Kier molecular flexibility index (Phi) is 3.29. The summed E-state index contributed by atoms with van der Waals surface area (Å²) in [4.78, 5) is 14.0. The molecule has 1 saturated heterocycles. The van der Waals surface area contributed by atoms with E-state index in [1.54, 1.807) is 0 Å². The van der Waals surface area contributed by atoms with Crippen molar-refractivity contribution in [3.8, 4) is 0 Å². The molecule has 0 aromatic carbocycles. The molecule has 15 heavy (non-hydrogen) atoms. The number of carbonyl (C=O) groups excluding carboxylic acids is 1. The fourth-order valence-electron chi connectivity index (χ4n) is 2.37. The molecular formula is C12H22N2O. The van der Waals surface area contributed by atoms with Gasteiger partial charge in [0.2, 0.25) is 5.91 Å². The second kappa shape index (κ2) is 4.52. The largest absolute Gasteiger partial charge is 0.341 e. The Balaban J connectivity index is 1.83. The highest BCUT2D eigenvalue weighted by Gasteiger charge is 2.35. The summed E-state index contributed by atoms with van der Waals surface area (Å²) in [5, 5.41) is 3.53. The van der Waals surface area contributed by atoms with E-state index >= 15 is 0 Å². The minimum absolute atomic E-state index is 0.378. The quantitative estimate of drug-likeness (QED) is 0.763. The Morgan fingerprint density at radius 1 is 1.33 bits per heavy atom. The van der Waals surface area contributed by atoms with Gasteiger partial charge in [0.1, 0.15) is 0 Å². The number of piperidine rings is 1. The van der Waals surface area contributed by atoms with Gasteiger partial charge in [-0.15, -0.1) is 0 Å². The molecule has 0 bridgehead atoms. The van der Waals surface area contributed by atoms with Crippen LogP contribution in [0.5, 0.6) is 0 Å². The van der Waals surface area contributed by atoms with Crippen LogP contribution in [0.2, 0.25) is 0 Å². The molecule has 0 aromatic heterocycles. The van der Waals surface area contributed by atoms with E-state index < -0.39 is 0 Å². The van der Waals surface area contributed by atoms with Gasteiger partial charge in [-0.05, 0) is 25.7 Å². The highest BCUT2D eigenvalue weighted by molar-refractivity contribution is 5.81. The average Bonchev–Trinajstić information content (AvgIpc) is 2.99. The zero-order valence-electron chi connectivity index (χ0n) is 9.83. The Bertz CT molecular complexity index is 236. The van der Waals surface area contributed by atoms with E-state index in [1.165, 1.54) is 6.42 Å². The van der Waals surface area contributed by atoms with Gasteiger partial charge in [-0.1, -0.05) is 13.8 Å². The van der Waals surface area contributed by atoms with Gasteiger partial charge in [0, 0.05) is 31.1 Å².